The van der Waals surface area contributed by atoms with E-state index in [4.69, 9.17) is 18.9 Å². The van der Waals surface area contributed by atoms with Gasteiger partial charge in [0.25, 0.3) is 0 Å². The van der Waals surface area contributed by atoms with Gasteiger partial charge in [0.05, 0.1) is 6.61 Å². The fourth-order valence-electron chi connectivity index (χ4n) is 3.59. The van der Waals surface area contributed by atoms with E-state index in [0.717, 1.165) is 31.4 Å². The molecule has 30 heavy (non-hydrogen) atoms. The summed E-state index contributed by atoms with van der Waals surface area (Å²) in [6.07, 6.45) is 6.35. The SMILES string of the molecule is C=CCOC(=O)C(CCCCOC1CCCCO1)(Cc1ccccc1)C(=O)OCC. The van der Waals surface area contributed by atoms with Gasteiger partial charge >= 0.3 is 11.9 Å². The second-order valence-corrected chi connectivity index (χ2v) is 7.48. The van der Waals surface area contributed by atoms with Gasteiger partial charge in [0, 0.05) is 13.2 Å². The molecule has 1 aromatic carbocycles. The van der Waals surface area contributed by atoms with Crippen LogP contribution >= 0.6 is 0 Å². The lowest BCUT2D eigenvalue weighted by Gasteiger charge is -2.29. The first kappa shape index (κ1) is 24.1. The number of unbranched alkanes of at least 4 members (excludes halogenated alkanes) is 1. The van der Waals surface area contributed by atoms with Crippen LogP contribution in [0.3, 0.4) is 0 Å². The van der Waals surface area contributed by atoms with E-state index in [9.17, 15) is 9.59 Å². The molecule has 1 aromatic rings. The highest BCUT2D eigenvalue weighted by atomic mass is 16.7. The van der Waals surface area contributed by atoms with Crippen molar-refractivity contribution in [3.63, 3.8) is 0 Å². The monoisotopic (exact) mass is 418 g/mol. The maximum atomic E-state index is 13.0. The lowest BCUT2D eigenvalue weighted by Crippen LogP contribution is -2.44. The maximum absolute atomic E-state index is 13.0. The van der Waals surface area contributed by atoms with Gasteiger partial charge in [-0.3, -0.25) is 9.59 Å². The summed E-state index contributed by atoms with van der Waals surface area (Å²) >= 11 is 0. The predicted molar refractivity (Wildman–Crippen MR) is 114 cm³/mol. The lowest BCUT2D eigenvalue weighted by molar-refractivity contribution is -0.173. The molecule has 1 saturated heterocycles. The van der Waals surface area contributed by atoms with Gasteiger partial charge in [-0.25, -0.2) is 0 Å². The van der Waals surface area contributed by atoms with Gasteiger partial charge in [0.15, 0.2) is 11.7 Å². The molecule has 0 aromatic heterocycles. The molecule has 0 amide bonds. The van der Waals surface area contributed by atoms with Crippen LogP contribution in [0, 0.1) is 5.41 Å². The Kier molecular flexibility index (Phi) is 10.6. The molecule has 0 N–H and O–H groups in total. The summed E-state index contributed by atoms with van der Waals surface area (Å²) in [4.78, 5) is 26.0. The summed E-state index contributed by atoms with van der Waals surface area (Å²) in [7, 11) is 0. The fourth-order valence-corrected chi connectivity index (χ4v) is 3.59. The lowest BCUT2D eigenvalue weighted by atomic mass is 9.77. The highest BCUT2D eigenvalue weighted by Gasteiger charge is 2.48. The van der Waals surface area contributed by atoms with E-state index in [1.54, 1.807) is 6.92 Å². The molecule has 0 saturated carbocycles. The molecular weight excluding hydrogens is 384 g/mol. The van der Waals surface area contributed by atoms with Crippen LogP contribution in [-0.4, -0.2) is 44.7 Å². The minimum Gasteiger partial charge on any atom is -0.465 e. The molecule has 0 spiro atoms. The summed E-state index contributed by atoms with van der Waals surface area (Å²) in [6, 6.07) is 9.48. The number of benzene rings is 1. The quantitative estimate of drug-likeness (QED) is 0.207. The molecular formula is C24H34O6. The zero-order valence-corrected chi connectivity index (χ0v) is 18.0. The highest BCUT2D eigenvalue weighted by Crippen LogP contribution is 2.33. The van der Waals surface area contributed by atoms with Crippen molar-refractivity contribution in [2.75, 3.05) is 26.4 Å². The molecule has 2 atom stereocenters. The summed E-state index contributed by atoms with van der Waals surface area (Å²) in [5.74, 6) is -1.11. The molecule has 166 valence electrons. The van der Waals surface area contributed by atoms with E-state index in [0.29, 0.717) is 25.9 Å². The molecule has 1 aliphatic heterocycles. The number of ether oxygens (including phenoxy) is 4. The molecule has 0 bridgehead atoms. The van der Waals surface area contributed by atoms with Crippen molar-refractivity contribution >= 4 is 11.9 Å². The number of carbonyl (C=O) groups is 2. The van der Waals surface area contributed by atoms with Crippen molar-refractivity contribution in [3.05, 3.63) is 48.6 Å². The number of hydrogen-bond acceptors (Lipinski definition) is 6. The minimum absolute atomic E-state index is 0.0525. The fraction of sp³-hybridized carbons (Fsp3) is 0.583. The third-order valence-corrected chi connectivity index (χ3v) is 5.18. The van der Waals surface area contributed by atoms with Crippen molar-refractivity contribution in [2.24, 2.45) is 5.41 Å². The standard InChI is InChI=1S/C24H34O6/c1-3-16-30-23(26)24(22(25)27-4-2,19-20-12-6-5-7-13-20)15-9-11-18-29-21-14-8-10-17-28-21/h3,5-7,12-13,21H,1,4,8-11,14-19H2,2H3. The Morgan fingerprint density at radius 1 is 1.17 bits per heavy atom. The Bertz CT molecular complexity index is 653. The van der Waals surface area contributed by atoms with E-state index in [1.807, 2.05) is 30.3 Å². The molecule has 0 aliphatic carbocycles. The number of rotatable bonds is 13. The van der Waals surface area contributed by atoms with Gasteiger partial charge in [-0.15, -0.1) is 0 Å². The van der Waals surface area contributed by atoms with Gasteiger partial charge in [0.1, 0.15) is 6.61 Å². The molecule has 1 heterocycles. The average molecular weight is 419 g/mol. The molecule has 1 fully saturated rings. The van der Waals surface area contributed by atoms with Crippen LogP contribution < -0.4 is 0 Å². The van der Waals surface area contributed by atoms with Crippen molar-refractivity contribution < 1.29 is 28.5 Å². The molecule has 1 aliphatic rings. The first-order chi connectivity index (χ1) is 14.6. The van der Waals surface area contributed by atoms with Crippen LogP contribution in [0.4, 0.5) is 0 Å². The Morgan fingerprint density at radius 3 is 2.60 bits per heavy atom. The summed E-state index contributed by atoms with van der Waals surface area (Å²) < 4.78 is 22.0. The van der Waals surface area contributed by atoms with E-state index in [2.05, 4.69) is 6.58 Å². The van der Waals surface area contributed by atoms with Gasteiger partial charge in [-0.2, -0.15) is 0 Å². The third kappa shape index (κ3) is 7.26. The second kappa shape index (κ2) is 13.2. The van der Waals surface area contributed by atoms with Crippen LogP contribution in [0.25, 0.3) is 0 Å². The van der Waals surface area contributed by atoms with Crippen LogP contribution in [0.2, 0.25) is 0 Å². The number of hydrogen-bond donors (Lipinski definition) is 0. The number of carbonyl (C=O) groups excluding carboxylic acids is 2. The molecule has 0 radical (unpaired) electrons. The maximum Gasteiger partial charge on any atom is 0.324 e. The number of esters is 2. The minimum atomic E-state index is -1.39. The van der Waals surface area contributed by atoms with Gasteiger partial charge < -0.3 is 18.9 Å². The molecule has 2 unspecified atom stereocenters. The van der Waals surface area contributed by atoms with Crippen molar-refractivity contribution in [1.29, 1.82) is 0 Å². The molecule has 2 rings (SSSR count). The zero-order valence-electron chi connectivity index (χ0n) is 18.0. The smallest absolute Gasteiger partial charge is 0.324 e. The summed E-state index contributed by atoms with van der Waals surface area (Å²) in [6.45, 7) is 6.84. The zero-order chi connectivity index (χ0) is 21.7. The van der Waals surface area contributed by atoms with Crippen molar-refractivity contribution in [3.8, 4) is 0 Å². The first-order valence-corrected chi connectivity index (χ1v) is 10.8. The molecule has 6 heteroatoms. The van der Waals surface area contributed by atoms with Gasteiger partial charge in [-0.1, -0.05) is 43.0 Å². The van der Waals surface area contributed by atoms with Crippen molar-refractivity contribution in [1.82, 2.24) is 0 Å². The van der Waals surface area contributed by atoms with Crippen LogP contribution in [0.5, 0.6) is 0 Å². The largest absolute Gasteiger partial charge is 0.465 e. The second-order valence-electron chi connectivity index (χ2n) is 7.48. The van der Waals surface area contributed by atoms with Crippen molar-refractivity contribution in [2.45, 2.75) is 58.2 Å². The van der Waals surface area contributed by atoms with E-state index < -0.39 is 17.4 Å². The van der Waals surface area contributed by atoms with Gasteiger partial charge in [-0.05, 0) is 57.4 Å². The van der Waals surface area contributed by atoms with E-state index in [1.165, 1.54) is 6.08 Å². The third-order valence-electron chi connectivity index (χ3n) is 5.18. The first-order valence-electron chi connectivity index (χ1n) is 10.8. The van der Waals surface area contributed by atoms with Crippen LogP contribution in [0.15, 0.2) is 43.0 Å². The Balaban J connectivity index is 2.07. The average Bonchev–Trinajstić information content (AvgIpc) is 2.78. The topological polar surface area (TPSA) is 71.1 Å². The molecule has 6 nitrogen and oxygen atoms in total. The Labute approximate surface area is 179 Å². The van der Waals surface area contributed by atoms with E-state index in [-0.39, 0.29) is 25.9 Å². The Morgan fingerprint density at radius 2 is 1.93 bits per heavy atom. The van der Waals surface area contributed by atoms with E-state index >= 15 is 0 Å². The van der Waals surface area contributed by atoms with Crippen LogP contribution in [0.1, 0.15) is 51.0 Å². The Hall–Kier alpha value is -2.18. The highest BCUT2D eigenvalue weighted by molar-refractivity contribution is 6.00. The van der Waals surface area contributed by atoms with Gasteiger partial charge in [0.2, 0.25) is 0 Å². The van der Waals surface area contributed by atoms with Crippen LogP contribution in [-0.2, 0) is 35.0 Å². The predicted octanol–water partition coefficient (Wildman–Crippen LogP) is 4.22. The summed E-state index contributed by atoms with van der Waals surface area (Å²) in [5, 5.41) is 0. The summed E-state index contributed by atoms with van der Waals surface area (Å²) in [5.41, 5.74) is -0.505. The normalized spacial score (nSPS) is 18.2.